The van der Waals surface area contributed by atoms with Gasteiger partial charge in [0.15, 0.2) is 15.8 Å². The molecule has 0 unspecified atom stereocenters. The van der Waals surface area contributed by atoms with Gasteiger partial charge in [-0.15, -0.1) is 0 Å². The minimum Gasteiger partial charge on any atom is -0.493 e. The van der Waals surface area contributed by atoms with Gasteiger partial charge in [0.05, 0.1) is 39.2 Å². The zero-order chi connectivity index (χ0) is 25.8. The molecule has 1 fully saturated rings. The number of thioether (sulfide) groups is 1. The SMILES string of the molecule is COc1cc(/C=C2\SC(=S)N(c3cccc([N+](=O)[O-])c3)C2=O)c([N+](=O)[O-])cc1OCc1ccccc1. The van der Waals surface area contributed by atoms with Gasteiger partial charge in [0.2, 0.25) is 0 Å². The van der Waals surface area contributed by atoms with Crippen LogP contribution in [0.2, 0.25) is 0 Å². The first kappa shape index (κ1) is 24.8. The van der Waals surface area contributed by atoms with Crippen molar-refractivity contribution >= 4 is 57.3 Å². The summed E-state index contributed by atoms with van der Waals surface area (Å²) in [6.45, 7) is 0.176. The number of hydrogen-bond acceptors (Lipinski definition) is 9. The fourth-order valence-electron chi connectivity index (χ4n) is 3.42. The Morgan fingerprint density at radius 1 is 1.00 bits per heavy atom. The summed E-state index contributed by atoms with van der Waals surface area (Å²) in [5.74, 6) is -0.130. The molecular weight excluding hydrogens is 506 g/mol. The zero-order valence-electron chi connectivity index (χ0n) is 18.7. The van der Waals surface area contributed by atoms with Crippen molar-refractivity contribution in [2.75, 3.05) is 12.0 Å². The Kier molecular flexibility index (Phi) is 7.27. The van der Waals surface area contributed by atoms with Crippen molar-refractivity contribution in [2.45, 2.75) is 6.61 Å². The molecular formula is C24H17N3O7S2. The molecule has 0 N–H and O–H groups in total. The van der Waals surface area contributed by atoms with E-state index in [4.69, 9.17) is 21.7 Å². The number of carbonyl (C=O) groups excluding carboxylic acids is 1. The zero-order valence-corrected chi connectivity index (χ0v) is 20.3. The molecule has 3 aromatic carbocycles. The molecule has 0 aromatic heterocycles. The van der Waals surface area contributed by atoms with Crippen molar-refractivity contribution < 1.29 is 24.1 Å². The number of nitro groups is 2. The van der Waals surface area contributed by atoms with Gasteiger partial charge in [-0.1, -0.05) is 60.4 Å². The second-order valence-corrected chi connectivity index (χ2v) is 9.06. The molecule has 1 saturated heterocycles. The van der Waals surface area contributed by atoms with Crippen LogP contribution in [0.3, 0.4) is 0 Å². The maximum absolute atomic E-state index is 13.1. The van der Waals surface area contributed by atoms with E-state index < -0.39 is 15.8 Å². The molecule has 1 aliphatic heterocycles. The Balaban J connectivity index is 1.67. The summed E-state index contributed by atoms with van der Waals surface area (Å²) >= 11 is 6.25. The molecule has 0 spiro atoms. The fraction of sp³-hybridized carbons (Fsp3) is 0.0833. The summed E-state index contributed by atoms with van der Waals surface area (Å²) in [6.07, 6.45) is 1.35. The van der Waals surface area contributed by atoms with Crippen LogP contribution >= 0.6 is 24.0 Å². The number of carbonyl (C=O) groups is 1. The minimum atomic E-state index is -0.581. The molecule has 10 nitrogen and oxygen atoms in total. The lowest BCUT2D eigenvalue weighted by Gasteiger charge is -2.14. The Morgan fingerprint density at radius 3 is 2.42 bits per heavy atom. The summed E-state index contributed by atoms with van der Waals surface area (Å²) in [7, 11) is 1.40. The van der Waals surface area contributed by atoms with Gasteiger partial charge in [-0.2, -0.15) is 0 Å². The number of thiocarbonyl (C=S) groups is 1. The molecule has 182 valence electrons. The predicted octanol–water partition coefficient (Wildman–Crippen LogP) is 5.50. The molecule has 0 aliphatic carbocycles. The topological polar surface area (TPSA) is 125 Å². The van der Waals surface area contributed by atoms with Crippen LogP contribution in [0.15, 0.2) is 71.6 Å². The molecule has 36 heavy (non-hydrogen) atoms. The van der Waals surface area contributed by atoms with Crippen molar-refractivity contribution in [2.24, 2.45) is 0 Å². The number of hydrogen-bond donors (Lipinski definition) is 0. The van der Waals surface area contributed by atoms with Crippen LogP contribution in [0.4, 0.5) is 17.1 Å². The number of nitro benzene ring substituents is 2. The van der Waals surface area contributed by atoms with E-state index in [9.17, 15) is 25.0 Å². The first-order valence-corrected chi connectivity index (χ1v) is 11.6. The molecule has 3 aromatic rings. The van der Waals surface area contributed by atoms with Crippen molar-refractivity contribution in [3.8, 4) is 11.5 Å². The Labute approximate surface area is 214 Å². The van der Waals surface area contributed by atoms with E-state index in [2.05, 4.69) is 0 Å². The van der Waals surface area contributed by atoms with Gasteiger partial charge in [0.1, 0.15) is 6.61 Å². The Bertz CT molecular complexity index is 1410. The summed E-state index contributed by atoms with van der Waals surface area (Å²) in [4.78, 5) is 36.2. The lowest BCUT2D eigenvalue weighted by Crippen LogP contribution is -2.27. The highest BCUT2D eigenvalue weighted by atomic mass is 32.2. The van der Waals surface area contributed by atoms with Crippen LogP contribution in [-0.4, -0.2) is 27.2 Å². The van der Waals surface area contributed by atoms with E-state index in [1.165, 1.54) is 49.6 Å². The van der Waals surface area contributed by atoms with Crippen LogP contribution in [0.1, 0.15) is 11.1 Å². The largest absolute Gasteiger partial charge is 0.493 e. The Morgan fingerprint density at radius 2 is 1.75 bits per heavy atom. The predicted molar refractivity (Wildman–Crippen MR) is 139 cm³/mol. The van der Waals surface area contributed by atoms with Gasteiger partial charge in [-0.3, -0.25) is 29.9 Å². The number of nitrogens with zero attached hydrogens (tertiary/aromatic N) is 3. The lowest BCUT2D eigenvalue weighted by molar-refractivity contribution is -0.385. The molecule has 0 atom stereocenters. The highest BCUT2D eigenvalue weighted by Crippen LogP contribution is 2.40. The first-order valence-electron chi connectivity index (χ1n) is 10.3. The number of amides is 1. The third kappa shape index (κ3) is 5.19. The molecule has 0 saturated carbocycles. The third-order valence-electron chi connectivity index (χ3n) is 5.13. The van der Waals surface area contributed by atoms with Crippen LogP contribution < -0.4 is 14.4 Å². The molecule has 1 heterocycles. The number of benzene rings is 3. The van der Waals surface area contributed by atoms with E-state index in [0.29, 0.717) is 0 Å². The fourth-order valence-corrected chi connectivity index (χ4v) is 4.71. The Hall–Kier alpha value is -4.29. The van der Waals surface area contributed by atoms with Crippen LogP contribution in [-0.2, 0) is 11.4 Å². The van der Waals surface area contributed by atoms with Crippen LogP contribution in [0, 0.1) is 20.2 Å². The van der Waals surface area contributed by atoms with Gasteiger partial charge in [-0.25, -0.2) is 0 Å². The summed E-state index contributed by atoms with van der Waals surface area (Å²) in [5, 5.41) is 23.0. The summed E-state index contributed by atoms with van der Waals surface area (Å²) in [6, 6.07) is 17.4. The van der Waals surface area contributed by atoms with Crippen molar-refractivity contribution in [1.82, 2.24) is 0 Å². The van der Waals surface area contributed by atoms with E-state index >= 15 is 0 Å². The third-order valence-corrected chi connectivity index (χ3v) is 6.43. The average molecular weight is 524 g/mol. The molecule has 0 radical (unpaired) electrons. The quantitative estimate of drug-likeness (QED) is 0.163. The molecule has 12 heteroatoms. The van der Waals surface area contributed by atoms with Gasteiger partial charge < -0.3 is 9.47 Å². The number of non-ortho nitro benzene ring substituents is 1. The van der Waals surface area contributed by atoms with Crippen molar-refractivity contribution in [3.05, 3.63) is 103 Å². The van der Waals surface area contributed by atoms with Crippen LogP contribution in [0.25, 0.3) is 6.08 Å². The van der Waals surface area contributed by atoms with E-state index in [0.717, 1.165) is 22.2 Å². The molecule has 1 amide bonds. The summed E-state index contributed by atoms with van der Waals surface area (Å²) in [5.41, 5.74) is 0.725. The molecule has 4 rings (SSSR count). The maximum atomic E-state index is 13.1. The normalized spacial score (nSPS) is 14.2. The smallest absolute Gasteiger partial charge is 0.280 e. The van der Waals surface area contributed by atoms with E-state index in [1.807, 2.05) is 30.3 Å². The van der Waals surface area contributed by atoms with E-state index in [-0.39, 0.29) is 50.0 Å². The maximum Gasteiger partial charge on any atom is 0.280 e. The minimum absolute atomic E-state index is 0.114. The van der Waals surface area contributed by atoms with Crippen molar-refractivity contribution in [3.63, 3.8) is 0 Å². The number of rotatable bonds is 8. The van der Waals surface area contributed by atoms with Crippen LogP contribution in [0.5, 0.6) is 11.5 Å². The average Bonchev–Trinajstić information content (AvgIpc) is 3.15. The van der Waals surface area contributed by atoms with E-state index in [1.54, 1.807) is 0 Å². The highest BCUT2D eigenvalue weighted by molar-refractivity contribution is 8.27. The first-order chi connectivity index (χ1) is 17.3. The number of anilines is 1. The molecule has 0 bridgehead atoms. The van der Waals surface area contributed by atoms with Gasteiger partial charge in [0, 0.05) is 12.1 Å². The van der Waals surface area contributed by atoms with Crippen molar-refractivity contribution in [1.29, 1.82) is 0 Å². The monoisotopic (exact) mass is 523 g/mol. The van der Waals surface area contributed by atoms with Gasteiger partial charge >= 0.3 is 0 Å². The second-order valence-electron chi connectivity index (χ2n) is 7.39. The molecule has 1 aliphatic rings. The van der Waals surface area contributed by atoms with Gasteiger partial charge in [-0.05, 0) is 23.8 Å². The number of ether oxygens (including phenoxy) is 2. The standard InChI is InChI=1S/C24H17N3O7S2/c1-33-20-10-16(19(27(31)32)13-21(20)34-14-15-6-3-2-4-7-15)11-22-23(28)25(24(35)36-22)17-8-5-9-18(12-17)26(29)30/h2-13H,14H2,1H3/b22-11-. The van der Waals surface area contributed by atoms with Gasteiger partial charge in [0.25, 0.3) is 17.3 Å². The lowest BCUT2D eigenvalue weighted by atomic mass is 10.1. The second kappa shape index (κ2) is 10.5. The summed E-state index contributed by atoms with van der Waals surface area (Å²) < 4.78 is 11.3. The highest BCUT2D eigenvalue weighted by Gasteiger charge is 2.34. The number of methoxy groups -OCH3 is 1.